The van der Waals surface area contributed by atoms with E-state index in [0.29, 0.717) is 32.7 Å². The molecule has 0 rings (SSSR count). The van der Waals surface area contributed by atoms with Crippen molar-refractivity contribution in [3.05, 3.63) is 24.3 Å². The molecule has 0 aromatic heterocycles. The largest absolute Gasteiger partial charge is 0.466 e. The van der Waals surface area contributed by atoms with Gasteiger partial charge in [0.15, 0.2) is 6.29 Å². The van der Waals surface area contributed by atoms with E-state index in [2.05, 4.69) is 45.1 Å². The number of hydrogen-bond donors (Lipinski definition) is 1. The molecule has 0 saturated heterocycles. The SMILES string of the molecule is CC/C=C\CCCCOC(CCC(=O)OC(CCC(=O)OCCCCCCCCC)C(CO)C(=O)OCCC)OCCCC/C=C\CC. The molecule has 0 aromatic rings. The molecule has 1 N–H and O–H groups in total. The van der Waals surface area contributed by atoms with Crippen LogP contribution in [0.25, 0.3) is 0 Å². The fourth-order valence-electron chi connectivity index (χ4n) is 4.98. The number of aliphatic hydroxyl groups is 1. The van der Waals surface area contributed by atoms with E-state index in [0.717, 1.165) is 70.6 Å². The molecule has 0 aliphatic heterocycles. The van der Waals surface area contributed by atoms with Crippen LogP contribution in [0.4, 0.5) is 0 Å². The van der Waals surface area contributed by atoms with Gasteiger partial charge in [-0.05, 0) is 70.6 Å². The second-order valence-corrected chi connectivity index (χ2v) is 12.3. The van der Waals surface area contributed by atoms with Gasteiger partial charge in [-0.25, -0.2) is 0 Å². The summed E-state index contributed by atoms with van der Waals surface area (Å²) in [5, 5.41) is 10.1. The van der Waals surface area contributed by atoms with Crippen LogP contribution in [-0.4, -0.2) is 68.4 Å². The summed E-state index contributed by atoms with van der Waals surface area (Å²) in [4.78, 5) is 38.3. The average molecular weight is 683 g/mol. The zero-order chi connectivity index (χ0) is 35.5. The topological polar surface area (TPSA) is 118 Å². The predicted molar refractivity (Wildman–Crippen MR) is 191 cm³/mol. The summed E-state index contributed by atoms with van der Waals surface area (Å²) in [6.45, 7) is 9.30. The molecule has 0 bridgehead atoms. The van der Waals surface area contributed by atoms with Gasteiger partial charge in [0, 0.05) is 26.1 Å². The van der Waals surface area contributed by atoms with Gasteiger partial charge in [-0.3, -0.25) is 14.4 Å². The lowest BCUT2D eigenvalue weighted by atomic mass is 9.99. The highest BCUT2D eigenvalue weighted by Gasteiger charge is 2.33. The molecule has 0 aromatic carbocycles. The molecule has 0 fully saturated rings. The van der Waals surface area contributed by atoms with Crippen LogP contribution in [0.2, 0.25) is 0 Å². The summed E-state index contributed by atoms with van der Waals surface area (Å²) in [7, 11) is 0. The highest BCUT2D eigenvalue weighted by Crippen LogP contribution is 2.19. The molecule has 0 aliphatic carbocycles. The highest BCUT2D eigenvalue weighted by atomic mass is 16.7. The number of esters is 3. The zero-order valence-corrected chi connectivity index (χ0v) is 30.9. The van der Waals surface area contributed by atoms with Gasteiger partial charge >= 0.3 is 17.9 Å². The number of aliphatic hydroxyl groups excluding tert-OH is 1. The molecule has 0 radical (unpaired) electrons. The van der Waals surface area contributed by atoms with Crippen molar-refractivity contribution in [2.75, 3.05) is 33.0 Å². The maximum absolute atomic E-state index is 13.1. The molecule has 0 aliphatic rings. The zero-order valence-electron chi connectivity index (χ0n) is 30.9. The van der Waals surface area contributed by atoms with Crippen LogP contribution < -0.4 is 0 Å². The Morgan fingerprint density at radius 3 is 1.71 bits per heavy atom. The van der Waals surface area contributed by atoms with Gasteiger partial charge in [-0.15, -0.1) is 0 Å². The molecule has 9 nitrogen and oxygen atoms in total. The number of allylic oxidation sites excluding steroid dienone is 4. The fraction of sp³-hybridized carbons (Fsp3) is 0.821. The van der Waals surface area contributed by atoms with Crippen molar-refractivity contribution < 1.29 is 43.2 Å². The van der Waals surface area contributed by atoms with Crippen LogP contribution in [0, 0.1) is 5.92 Å². The van der Waals surface area contributed by atoms with E-state index >= 15 is 0 Å². The first-order valence-corrected chi connectivity index (χ1v) is 19.1. The van der Waals surface area contributed by atoms with E-state index < -0.39 is 42.8 Å². The van der Waals surface area contributed by atoms with Crippen LogP contribution in [0.1, 0.15) is 156 Å². The highest BCUT2D eigenvalue weighted by molar-refractivity contribution is 5.75. The lowest BCUT2D eigenvalue weighted by molar-refractivity contribution is -0.171. The minimum Gasteiger partial charge on any atom is -0.466 e. The number of carbonyl (C=O) groups excluding carboxylic acids is 3. The van der Waals surface area contributed by atoms with Crippen molar-refractivity contribution >= 4 is 17.9 Å². The summed E-state index contributed by atoms with van der Waals surface area (Å²) in [5.74, 6) is -2.72. The predicted octanol–water partition coefficient (Wildman–Crippen LogP) is 8.95. The number of rotatable bonds is 34. The number of ether oxygens (including phenoxy) is 5. The molecule has 2 unspecified atom stereocenters. The first-order valence-electron chi connectivity index (χ1n) is 19.1. The molecule has 48 heavy (non-hydrogen) atoms. The molecule has 0 heterocycles. The van der Waals surface area contributed by atoms with Crippen molar-refractivity contribution in [1.82, 2.24) is 0 Å². The van der Waals surface area contributed by atoms with Crippen LogP contribution in [-0.2, 0) is 38.1 Å². The van der Waals surface area contributed by atoms with Crippen molar-refractivity contribution in [1.29, 1.82) is 0 Å². The van der Waals surface area contributed by atoms with E-state index in [-0.39, 0.29) is 25.9 Å². The smallest absolute Gasteiger partial charge is 0.315 e. The van der Waals surface area contributed by atoms with Crippen molar-refractivity contribution in [3.8, 4) is 0 Å². The quantitative estimate of drug-likeness (QED) is 0.0233. The molecule has 0 saturated carbocycles. The maximum atomic E-state index is 13.1. The summed E-state index contributed by atoms with van der Waals surface area (Å²) in [5.41, 5.74) is 0. The van der Waals surface area contributed by atoms with Gasteiger partial charge in [0.05, 0.1) is 26.2 Å². The maximum Gasteiger partial charge on any atom is 0.315 e. The van der Waals surface area contributed by atoms with E-state index in [1.807, 2.05) is 6.92 Å². The monoisotopic (exact) mass is 683 g/mol. The lowest BCUT2D eigenvalue weighted by Gasteiger charge is -2.25. The Balaban J connectivity index is 5.08. The molecule has 280 valence electrons. The van der Waals surface area contributed by atoms with E-state index in [4.69, 9.17) is 23.7 Å². The number of unbranched alkanes of at least 4 members (excludes halogenated alkanes) is 10. The number of hydrogen-bond acceptors (Lipinski definition) is 9. The van der Waals surface area contributed by atoms with Crippen LogP contribution >= 0.6 is 0 Å². The Labute approximate surface area is 292 Å². The molecular formula is C39H70O9. The van der Waals surface area contributed by atoms with Crippen molar-refractivity contribution in [2.24, 2.45) is 5.92 Å². The normalized spacial score (nSPS) is 13.0. The van der Waals surface area contributed by atoms with Crippen molar-refractivity contribution in [3.63, 3.8) is 0 Å². The van der Waals surface area contributed by atoms with E-state index in [1.165, 1.54) is 25.7 Å². The second-order valence-electron chi connectivity index (χ2n) is 12.3. The minimum atomic E-state index is -1.09. The van der Waals surface area contributed by atoms with Crippen LogP contribution in [0.15, 0.2) is 24.3 Å². The van der Waals surface area contributed by atoms with Crippen LogP contribution in [0.3, 0.4) is 0 Å². The first kappa shape index (κ1) is 45.8. The summed E-state index contributed by atoms with van der Waals surface area (Å²) in [6.07, 6.45) is 23.7. The Bertz CT molecular complexity index is 802. The third-order valence-corrected chi connectivity index (χ3v) is 7.85. The third-order valence-electron chi connectivity index (χ3n) is 7.85. The Morgan fingerprint density at radius 2 is 1.15 bits per heavy atom. The van der Waals surface area contributed by atoms with E-state index in [1.54, 1.807) is 0 Å². The van der Waals surface area contributed by atoms with Crippen molar-refractivity contribution in [2.45, 2.75) is 169 Å². The summed E-state index contributed by atoms with van der Waals surface area (Å²) in [6, 6.07) is 0. The fourth-order valence-corrected chi connectivity index (χ4v) is 4.98. The third kappa shape index (κ3) is 27.7. The Hall–Kier alpha value is -2.23. The Morgan fingerprint density at radius 1 is 0.583 bits per heavy atom. The first-order chi connectivity index (χ1) is 23.4. The summed E-state index contributed by atoms with van der Waals surface area (Å²) >= 11 is 0. The molecule has 2 atom stereocenters. The van der Waals surface area contributed by atoms with Crippen LogP contribution in [0.5, 0.6) is 0 Å². The average Bonchev–Trinajstić information content (AvgIpc) is 3.08. The van der Waals surface area contributed by atoms with Gasteiger partial charge in [0.25, 0.3) is 0 Å². The van der Waals surface area contributed by atoms with Gasteiger partial charge < -0.3 is 28.8 Å². The van der Waals surface area contributed by atoms with Gasteiger partial charge in [0.1, 0.15) is 12.0 Å². The van der Waals surface area contributed by atoms with Gasteiger partial charge in [0.2, 0.25) is 0 Å². The standard InChI is InChI=1S/C39H70O9/c1-5-9-12-15-18-21-22-30-44-36(41)26-25-35(34(33-40)39(43)47-29-8-4)48-37(42)27-28-38(45-31-23-19-16-13-10-6-2)46-32-24-20-17-14-11-7-3/h10-11,13-14,34-35,38,40H,5-9,12,15-33H2,1-4H3/b13-10-,14-11-. The Kier molecular flexibility index (Phi) is 33.0. The molecule has 9 heteroatoms. The number of carbonyl (C=O) groups is 3. The minimum absolute atomic E-state index is 0.00447. The van der Waals surface area contributed by atoms with Gasteiger partial charge in [-0.1, -0.05) is 90.5 Å². The lowest BCUT2D eigenvalue weighted by Crippen LogP contribution is -2.37. The molecular weight excluding hydrogens is 612 g/mol. The molecule has 0 spiro atoms. The van der Waals surface area contributed by atoms with Gasteiger partial charge in [-0.2, -0.15) is 0 Å². The molecule has 0 amide bonds. The van der Waals surface area contributed by atoms with E-state index in [9.17, 15) is 19.5 Å². The second kappa shape index (κ2) is 34.6. The summed E-state index contributed by atoms with van der Waals surface area (Å²) < 4.78 is 28.4.